The molecule has 1 aliphatic rings. The van der Waals surface area contributed by atoms with Crippen molar-refractivity contribution in [2.45, 2.75) is 20.0 Å². The van der Waals surface area contributed by atoms with Crippen molar-refractivity contribution in [1.29, 1.82) is 0 Å². The Balaban J connectivity index is 1.52. The number of hydrogen-bond donors (Lipinski definition) is 1. The van der Waals surface area contributed by atoms with Gasteiger partial charge in [0.25, 0.3) is 11.8 Å². The molecular weight excluding hydrogens is 398 g/mol. The van der Waals surface area contributed by atoms with Crippen LogP contribution in [0.15, 0.2) is 40.9 Å². The number of pyridine rings is 2. The van der Waals surface area contributed by atoms with Crippen LogP contribution >= 0.6 is 0 Å². The molecule has 31 heavy (non-hydrogen) atoms. The predicted octanol–water partition coefficient (Wildman–Crippen LogP) is 2.32. The molecule has 0 bridgehead atoms. The van der Waals surface area contributed by atoms with Gasteiger partial charge in [-0.3, -0.25) is 14.6 Å². The second kappa shape index (κ2) is 8.65. The summed E-state index contributed by atoms with van der Waals surface area (Å²) in [4.78, 5) is 39.4. The Labute approximate surface area is 179 Å². The summed E-state index contributed by atoms with van der Waals surface area (Å²) >= 11 is 0. The van der Waals surface area contributed by atoms with E-state index in [9.17, 15) is 9.59 Å². The topological polar surface area (TPSA) is 110 Å². The molecule has 4 heterocycles. The highest BCUT2D eigenvalue weighted by atomic mass is 16.5. The van der Waals surface area contributed by atoms with Crippen LogP contribution in [0.2, 0.25) is 0 Å². The van der Waals surface area contributed by atoms with Crippen molar-refractivity contribution >= 4 is 11.8 Å². The first-order valence-electron chi connectivity index (χ1n) is 9.96. The minimum Gasteiger partial charge on any atom is -0.436 e. The monoisotopic (exact) mass is 421 g/mol. The lowest BCUT2D eigenvalue weighted by Crippen LogP contribution is -2.42. The highest BCUT2D eigenvalue weighted by Crippen LogP contribution is 2.25. The van der Waals surface area contributed by atoms with Gasteiger partial charge >= 0.3 is 0 Å². The average Bonchev–Trinajstić information content (AvgIpc) is 3.16. The van der Waals surface area contributed by atoms with Gasteiger partial charge in [-0.25, -0.2) is 9.97 Å². The number of amides is 2. The second-order valence-corrected chi connectivity index (χ2v) is 7.22. The highest BCUT2D eigenvalue weighted by molar-refractivity contribution is 5.93. The van der Waals surface area contributed by atoms with Crippen LogP contribution in [0, 0.1) is 13.8 Å². The molecule has 0 aliphatic carbocycles. The molecule has 4 rings (SSSR count). The second-order valence-electron chi connectivity index (χ2n) is 7.22. The summed E-state index contributed by atoms with van der Waals surface area (Å²) < 4.78 is 11.4. The molecule has 3 aromatic heterocycles. The third-order valence-corrected chi connectivity index (χ3v) is 5.07. The van der Waals surface area contributed by atoms with Crippen molar-refractivity contribution in [3.8, 4) is 11.3 Å². The summed E-state index contributed by atoms with van der Waals surface area (Å²) in [5.74, 6) is 0.292. The van der Waals surface area contributed by atoms with Crippen LogP contribution in [0.1, 0.15) is 44.4 Å². The zero-order valence-corrected chi connectivity index (χ0v) is 17.6. The van der Waals surface area contributed by atoms with Gasteiger partial charge in [-0.05, 0) is 31.2 Å². The number of carbonyl (C=O) groups excluding carboxylic acids is 2. The normalized spacial score (nSPS) is 16.2. The van der Waals surface area contributed by atoms with Gasteiger partial charge in [-0.2, -0.15) is 0 Å². The number of oxazole rings is 1. The molecule has 3 aromatic rings. The Bertz CT molecular complexity index is 1110. The summed E-state index contributed by atoms with van der Waals surface area (Å²) in [6.07, 6.45) is 1.25. The standard InChI is InChI=1S/C22H23N5O4/c1-13-20(31-14(2)25-13)22(29)27-9-10-30-19(12-27)17-6-4-5-16(26-17)15-7-8-18(24-11-15)21(28)23-3/h4-8,11,19H,9-10,12H2,1-3H3,(H,23,28)/t19-/m0/s1. The van der Waals surface area contributed by atoms with E-state index in [1.807, 2.05) is 18.2 Å². The molecule has 160 valence electrons. The van der Waals surface area contributed by atoms with Gasteiger partial charge in [-0.1, -0.05) is 6.07 Å². The molecule has 2 amide bonds. The quantitative estimate of drug-likeness (QED) is 0.688. The molecule has 9 heteroatoms. The summed E-state index contributed by atoms with van der Waals surface area (Å²) in [6.45, 7) is 4.71. The summed E-state index contributed by atoms with van der Waals surface area (Å²) in [5, 5.41) is 2.55. The maximum atomic E-state index is 12.9. The van der Waals surface area contributed by atoms with E-state index in [2.05, 4.69) is 15.3 Å². The van der Waals surface area contributed by atoms with E-state index in [0.717, 1.165) is 11.3 Å². The number of nitrogens with zero attached hydrogens (tertiary/aromatic N) is 4. The molecule has 0 spiro atoms. The minimum absolute atomic E-state index is 0.198. The van der Waals surface area contributed by atoms with Crippen LogP contribution in [0.3, 0.4) is 0 Å². The van der Waals surface area contributed by atoms with Crippen molar-refractivity contribution in [2.75, 3.05) is 26.7 Å². The third-order valence-electron chi connectivity index (χ3n) is 5.07. The first-order chi connectivity index (χ1) is 15.0. The fraction of sp³-hybridized carbons (Fsp3) is 0.318. The van der Waals surface area contributed by atoms with Crippen LogP contribution in [0.25, 0.3) is 11.3 Å². The number of nitrogens with one attached hydrogen (secondary N) is 1. The third kappa shape index (κ3) is 4.31. The molecule has 1 fully saturated rings. The first-order valence-corrected chi connectivity index (χ1v) is 9.96. The van der Waals surface area contributed by atoms with E-state index < -0.39 is 0 Å². The van der Waals surface area contributed by atoms with Crippen LogP contribution in [0.4, 0.5) is 0 Å². The van der Waals surface area contributed by atoms with Crippen LogP contribution in [-0.4, -0.2) is 58.4 Å². The van der Waals surface area contributed by atoms with Crippen molar-refractivity contribution in [3.05, 3.63) is 65.3 Å². The van der Waals surface area contributed by atoms with Gasteiger partial charge in [0.1, 0.15) is 11.8 Å². The number of hydrogen-bond acceptors (Lipinski definition) is 7. The van der Waals surface area contributed by atoms with E-state index in [0.29, 0.717) is 42.7 Å². The fourth-order valence-electron chi connectivity index (χ4n) is 3.49. The predicted molar refractivity (Wildman–Crippen MR) is 111 cm³/mol. The van der Waals surface area contributed by atoms with Gasteiger partial charge in [0.15, 0.2) is 5.89 Å². The molecule has 9 nitrogen and oxygen atoms in total. The molecule has 1 aliphatic heterocycles. The molecule has 0 unspecified atom stereocenters. The maximum absolute atomic E-state index is 12.9. The Kier molecular flexibility index (Phi) is 5.77. The van der Waals surface area contributed by atoms with Crippen LogP contribution < -0.4 is 5.32 Å². The van der Waals surface area contributed by atoms with Crippen molar-refractivity contribution in [3.63, 3.8) is 0 Å². The molecule has 0 radical (unpaired) electrons. The molecule has 1 atom stereocenters. The Hall–Kier alpha value is -3.59. The van der Waals surface area contributed by atoms with Gasteiger partial charge in [0, 0.05) is 32.3 Å². The van der Waals surface area contributed by atoms with Crippen molar-refractivity contribution in [1.82, 2.24) is 25.2 Å². The lowest BCUT2D eigenvalue weighted by Gasteiger charge is -2.32. The number of carbonyl (C=O) groups is 2. The van der Waals surface area contributed by atoms with Gasteiger partial charge in [-0.15, -0.1) is 0 Å². The zero-order chi connectivity index (χ0) is 22.0. The molecular formula is C22H23N5O4. The minimum atomic E-state index is -0.361. The average molecular weight is 421 g/mol. The lowest BCUT2D eigenvalue weighted by molar-refractivity contribution is -0.0256. The van der Waals surface area contributed by atoms with Gasteiger partial charge < -0.3 is 19.4 Å². The molecule has 0 saturated carbocycles. The maximum Gasteiger partial charge on any atom is 0.291 e. The number of ether oxygens (including phenoxy) is 1. The van der Waals surface area contributed by atoms with E-state index in [-0.39, 0.29) is 23.7 Å². The smallest absolute Gasteiger partial charge is 0.291 e. The van der Waals surface area contributed by atoms with Crippen molar-refractivity contribution < 1.29 is 18.7 Å². The number of morpholine rings is 1. The zero-order valence-electron chi connectivity index (χ0n) is 17.6. The Morgan fingerprint density at radius 2 is 2.00 bits per heavy atom. The first kappa shape index (κ1) is 20.7. The van der Waals surface area contributed by atoms with E-state index >= 15 is 0 Å². The molecule has 1 N–H and O–H groups in total. The molecule has 1 saturated heterocycles. The Morgan fingerprint density at radius 1 is 1.16 bits per heavy atom. The number of aryl methyl sites for hydroxylation is 2. The van der Waals surface area contributed by atoms with Crippen molar-refractivity contribution in [2.24, 2.45) is 0 Å². The summed E-state index contributed by atoms with van der Waals surface area (Å²) in [6, 6.07) is 9.08. The highest BCUT2D eigenvalue weighted by Gasteiger charge is 2.30. The van der Waals surface area contributed by atoms with Crippen LogP contribution in [0.5, 0.6) is 0 Å². The van der Waals surface area contributed by atoms with E-state index in [1.165, 1.54) is 0 Å². The largest absolute Gasteiger partial charge is 0.436 e. The van der Waals surface area contributed by atoms with E-state index in [4.69, 9.17) is 14.1 Å². The van der Waals surface area contributed by atoms with Gasteiger partial charge in [0.05, 0.1) is 30.2 Å². The Morgan fingerprint density at radius 3 is 2.68 bits per heavy atom. The van der Waals surface area contributed by atoms with Gasteiger partial charge in [0.2, 0.25) is 5.76 Å². The van der Waals surface area contributed by atoms with Crippen LogP contribution in [-0.2, 0) is 4.74 Å². The SMILES string of the molecule is CNC(=O)c1ccc(-c2cccc([C@@H]3CN(C(=O)c4oc(C)nc4C)CCO3)n2)cn1. The lowest BCUT2D eigenvalue weighted by atomic mass is 10.1. The number of rotatable bonds is 4. The van der Waals surface area contributed by atoms with E-state index in [1.54, 1.807) is 44.1 Å². The summed E-state index contributed by atoms with van der Waals surface area (Å²) in [5.41, 5.74) is 3.13. The summed E-state index contributed by atoms with van der Waals surface area (Å²) in [7, 11) is 1.56. The fourth-order valence-corrected chi connectivity index (χ4v) is 3.49. The molecule has 0 aromatic carbocycles. The number of aromatic nitrogens is 3.